The molecule has 3 amide bonds. The number of nitrogens with two attached hydrogens (primary N) is 1. The summed E-state index contributed by atoms with van der Waals surface area (Å²) < 4.78 is 0. The third-order valence-electron chi connectivity index (χ3n) is 5.35. The van der Waals surface area contributed by atoms with Gasteiger partial charge in [0.15, 0.2) is 0 Å². The number of thioether (sulfide) groups is 1. The zero-order chi connectivity index (χ0) is 24.6. The van der Waals surface area contributed by atoms with Gasteiger partial charge in [0.2, 0.25) is 17.7 Å². The van der Waals surface area contributed by atoms with Crippen LogP contribution in [0.5, 0.6) is 0 Å². The van der Waals surface area contributed by atoms with Gasteiger partial charge in [-0.1, -0.05) is 36.1 Å². The highest BCUT2D eigenvalue weighted by atomic mass is 32.2. The van der Waals surface area contributed by atoms with Crippen LogP contribution >= 0.6 is 34.4 Å². The van der Waals surface area contributed by atoms with Gasteiger partial charge in [0, 0.05) is 41.2 Å². The summed E-state index contributed by atoms with van der Waals surface area (Å²) in [5, 5.41) is 4.15. The molecule has 35 heavy (non-hydrogen) atoms. The van der Waals surface area contributed by atoms with E-state index in [0.717, 1.165) is 21.7 Å². The van der Waals surface area contributed by atoms with Gasteiger partial charge >= 0.3 is 0 Å². The Morgan fingerprint density at radius 2 is 1.89 bits per heavy atom. The summed E-state index contributed by atoms with van der Waals surface area (Å²) in [6.45, 7) is 0.763. The van der Waals surface area contributed by atoms with Crippen LogP contribution in [0.4, 0.5) is 0 Å². The van der Waals surface area contributed by atoms with Crippen molar-refractivity contribution < 1.29 is 14.4 Å². The number of thiophene rings is 2. The Hall–Kier alpha value is -3.06. The summed E-state index contributed by atoms with van der Waals surface area (Å²) >= 11 is 4.62. The van der Waals surface area contributed by atoms with Crippen molar-refractivity contribution >= 4 is 52.2 Å². The van der Waals surface area contributed by atoms with Gasteiger partial charge < -0.3 is 16.0 Å². The van der Waals surface area contributed by atoms with E-state index < -0.39 is 11.2 Å². The molecule has 1 aromatic carbocycles. The number of nitrogens with zero attached hydrogens (tertiary/aromatic N) is 1. The Labute approximate surface area is 216 Å². The van der Waals surface area contributed by atoms with E-state index in [1.807, 2.05) is 60.0 Å². The van der Waals surface area contributed by atoms with Gasteiger partial charge in [-0.2, -0.15) is 0 Å². The third-order valence-corrected chi connectivity index (χ3v) is 8.95. The Balaban J connectivity index is 1.42. The molecule has 3 N–H and O–H groups in total. The number of carbonyl (C=O) groups excluding carboxylic acids is 3. The van der Waals surface area contributed by atoms with Gasteiger partial charge in [-0.3, -0.25) is 14.4 Å². The highest BCUT2D eigenvalue weighted by Crippen LogP contribution is 2.46. The number of hydrogen-bond acceptors (Lipinski definition) is 6. The molecule has 180 valence electrons. The van der Waals surface area contributed by atoms with Crippen molar-refractivity contribution in [3.8, 4) is 11.8 Å². The number of hydrogen-bond donors (Lipinski definition) is 2. The fraction of sp³-hybridized carbons (Fsp3) is 0.269. The molecular formula is C26H25N3O3S3. The maximum atomic E-state index is 13.2. The Morgan fingerprint density at radius 3 is 2.63 bits per heavy atom. The van der Waals surface area contributed by atoms with E-state index >= 15 is 0 Å². The zero-order valence-electron chi connectivity index (χ0n) is 18.9. The topological polar surface area (TPSA) is 92.5 Å². The molecule has 1 aliphatic rings. The summed E-state index contributed by atoms with van der Waals surface area (Å²) in [7, 11) is 0. The maximum absolute atomic E-state index is 13.2. The van der Waals surface area contributed by atoms with E-state index in [2.05, 4.69) is 17.2 Å². The first-order chi connectivity index (χ1) is 17.0. The highest BCUT2D eigenvalue weighted by Gasteiger charge is 2.42. The normalized spacial score (nSPS) is 17.1. The number of amides is 3. The molecule has 2 aromatic heterocycles. The largest absolute Gasteiger partial charge is 0.370 e. The molecule has 0 spiro atoms. The monoisotopic (exact) mass is 523 g/mol. The number of benzene rings is 1. The summed E-state index contributed by atoms with van der Waals surface area (Å²) in [6, 6.07) is 17.7. The van der Waals surface area contributed by atoms with Crippen LogP contribution in [-0.4, -0.2) is 41.0 Å². The van der Waals surface area contributed by atoms with Crippen LogP contribution in [0.25, 0.3) is 0 Å². The van der Waals surface area contributed by atoms with Crippen LogP contribution in [0.2, 0.25) is 0 Å². The minimum absolute atomic E-state index is 0.0780. The Morgan fingerprint density at radius 1 is 1.06 bits per heavy atom. The van der Waals surface area contributed by atoms with Gasteiger partial charge in [-0.05, 0) is 42.1 Å². The fourth-order valence-electron chi connectivity index (χ4n) is 3.63. The SMILES string of the molecule is NC(=O)CCN1C(=O)C(CC(=O)NCCc2cccs2)SC1c1ccc(C#Cc2ccccc2)s1. The van der Waals surface area contributed by atoms with Crippen LogP contribution in [0.3, 0.4) is 0 Å². The van der Waals surface area contributed by atoms with E-state index in [9.17, 15) is 14.4 Å². The lowest BCUT2D eigenvalue weighted by Gasteiger charge is -2.22. The summed E-state index contributed by atoms with van der Waals surface area (Å²) in [4.78, 5) is 41.8. The van der Waals surface area contributed by atoms with Crippen LogP contribution in [0.15, 0.2) is 60.0 Å². The molecule has 9 heteroatoms. The van der Waals surface area contributed by atoms with Crippen LogP contribution in [0.1, 0.15) is 38.4 Å². The average Bonchev–Trinajstić information content (AvgIpc) is 3.59. The molecular weight excluding hydrogens is 499 g/mol. The molecule has 1 fully saturated rings. The van der Waals surface area contributed by atoms with Gasteiger partial charge in [0.25, 0.3) is 0 Å². The van der Waals surface area contributed by atoms with E-state index in [-0.39, 0.29) is 36.6 Å². The lowest BCUT2D eigenvalue weighted by atomic mass is 10.2. The number of nitrogens with one attached hydrogen (secondary N) is 1. The third kappa shape index (κ3) is 6.98. The predicted molar refractivity (Wildman–Crippen MR) is 142 cm³/mol. The summed E-state index contributed by atoms with van der Waals surface area (Å²) in [6.07, 6.45) is 0.947. The molecule has 2 atom stereocenters. The first kappa shape index (κ1) is 25.0. The first-order valence-electron chi connectivity index (χ1n) is 11.2. The molecule has 0 aliphatic carbocycles. The molecule has 0 saturated carbocycles. The van der Waals surface area contributed by atoms with Gasteiger partial charge in [-0.25, -0.2) is 0 Å². The fourth-order valence-corrected chi connectivity index (χ4v) is 6.89. The van der Waals surface area contributed by atoms with Crippen LogP contribution < -0.4 is 11.1 Å². The second-order valence-electron chi connectivity index (χ2n) is 7.93. The van der Waals surface area contributed by atoms with Crippen molar-refractivity contribution in [2.24, 2.45) is 5.73 Å². The second-order valence-corrected chi connectivity index (χ2v) is 11.4. The number of carbonyl (C=O) groups is 3. The highest BCUT2D eigenvalue weighted by molar-refractivity contribution is 8.01. The van der Waals surface area contributed by atoms with Crippen molar-refractivity contribution in [2.75, 3.05) is 13.1 Å². The molecule has 3 heterocycles. The first-order valence-corrected chi connectivity index (χ1v) is 13.8. The van der Waals surface area contributed by atoms with Crippen molar-refractivity contribution in [1.29, 1.82) is 0 Å². The zero-order valence-corrected chi connectivity index (χ0v) is 21.4. The quantitative estimate of drug-likeness (QED) is 0.418. The summed E-state index contributed by atoms with van der Waals surface area (Å²) in [5.41, 5.74) is 6.28. The minimum atomic E-state index is -0.504. The Bertz CT molecular complexity index is 1230. The van der Waals surface area contributed by atoms with Gasteiger partial charge in [0.1, 0.15) is 5.37 Å². The molecule has 0 radical (unpaired) electrons. The smallest absolute Gasteiger partial charge is 0.237 e. The molecule has 3 aromatic rings. The minimum Gasteiger partial charge on any atom is -0.370 e. The molecule has 0 bridgehead atoms. The van der Waals surface area contributed by atoms with E-state index in [0.29, 0.717) is 6.54 Å². The lowest BCUT2D eigenvalue weighted by molar-refractivity contribution is -0.132. The van der Waals surface area contributed by atoms with Gasteiger partial charge in [-0.15, -0.1) is 34.4 Å². The van der Waals surface area contributed by atoms with E-state index in [1.165, 1.54) is 28.0 Å². The summed E-state index contributed by atoms with van der Waals surface area (Å²) in [5.74, 6) is 5.58. The van der Waals surface area contributed by atoms with Crippen molar-refractivity contribution in [2.45, 2.75) is 29.9 Å². The molecule has 6 nitrogen and oxygen atoms in total. The van der Waals surface area contributed by atoms with Crippen molar-refractivity contribution in [3.63, 3.8) is 0 Å². The molecule has 1 saturated heterocycles. The molecule has 4 rings (SSSR count). The van der Waals surface area contributed by atoms with Crippen molar-refractivity contribution in [3.05, 3.63) is 80.2 Å². The molecule has 2 unspecified atom stereocenters. The average molecular weight is 524 g/mol. The maximum Gasteiger partial charge on any atom is 0.237 e. The van der Waals surface area contributed by atoms with Crippen molar-refractivity contribution in [1.82, 2.24) is 10.2 Å². The van der Waals surface area contributed by atoms with E-state index in [1.54, 1.807) is 16.2 Å². The molecule has 1 aliphatic heterocycles. The number of primary amides is 1. The van der Waals surface area contributed by atoms with E-state index in [4.69, 9.17) is 5.73 Å². The second kappa shape index (κ2) is 12.1. The number of rotatable bonds is 9. The standard InChI is InChI=1S/C26H25N3O3S3/c27-23(30)13-15-29-25(32)22(17-24(31)28-14-12-19-7-4-16-33-19)35-26(29)21-11-10-20(34-21)9-8-18-5-2-1-3-6-18/h1-7,10-11,16,22,26H,12-15,17H2,(H2,27,30)(H,28,31). The van der Waals surface area contributed by atoms with Crippen LogP contribution in [0, 0.1) is 11.8 Å². The van der Waals surface area contributed by atoms with Crippen LogP contribution in [-0.2, 0) is 20.8 Å². The Kier molecular flexibility index (Phi) is 8.64. The predicted octanol–water partition coefficient (Wildman–Crippen LogP) is 3.78. The lowest BCUT2D eigenvalue weighted by Crippen LogP contribution is -2.36. The van der Waals surface area contributed by atoms with Gasteiger partial charge in [0.05, 0.1) is 10.1 Å².